The summed E-state index contributed by atoms with van der Waals surface area (Å²) in [7, 11) is 3.99. The lowest BCUT2D eigenvalue weighted by molar-refractivity contribution is -0.121. The van der Waals surface area contributed by atoms with Crippen LogP contribution in [0, 0.1) is 5.82 Å². The summed E-state index contributed by atoms with van der Waals surface area (Å²) in [6.45, 7) is 0.559. The average Bonchev–Trinajstić information content (AvgIpc) is 3.00. The van der Waals surface area contributed by atoms with Crippen molar-refractivity contribution in [2.75, 3.05) is 20.6 Å². The number of thiophene rings is 1. The second-order valence-corrected chi connectivity index (χ2v) is 6.37. The highest BCUT2D eigenvalue weighted by Crippen LogP contribution is 2.22. The van der Waals surface area contributed by atoms with Crippen molar-refractivity contribution in [3.8, 4) is 0 Å². The minimum absolute atomic E-state index is 0.0494. The number of carbonyl (C=O) groups excluding carboxylic acids is 1. The topological polar surface area (TPSA) is 32.3 Å². The molecular formula is C17H21FN2OS. The highest BCUT2D eigenvalue weighted by atomic mass is 32.1. The monoisotopic (exact) mass is 320 g/mol. The van der Waals surface area contributed by atoms with E-state index in [9.17, 15) is 9.18 Å². The first-order valence-electron chi connectivity index (χ1n) is 7.28. The van der Waals surface area contributed by atoms with Crippen molar-refractivity contribution in [1.29, 1.82) is 0 Å². The smallest absolute Gasteiger partial charge is 0.220 e. The summed E-state index contributed by atoms with van der Waals surface area (Å²) >= 11 is 1.68. The summed E-state index contributed by atoms with van der Waals surface area (Å²) in [5.41, 5.74) is 0.583. The van der Waals surface area contributed by atoms with Crippen LogP contribution in [0.15, 0.2) is 41.8 Å². The van der Waals surface area contributed by atoms with Gasteiger partial charge in [0.15, 0.2) is 0 Å². The molecule has 118 valence electrons. The van der Waals surface area contributed by atoms with Crippen LogP contribution in [0.4, 0.5) is 4.39 Å². The van der Waals surface area contributed by atoms with Crippen LogP contribution in [-0.2, 0) is 11.2 Å². The first-order valence-corrected chi connectivity index (χ1v) is 8.16. The zero-order valence-corrected chi connectivity index (χ0v) is 13.7. The zero-order chi connectivity index (χ0) is 15.9. The number of amides is 1. The van der Waals surface area contributed by atoms with Crippen LogP contribution in [0.25, 0.3) is 0 Å². The Hall–Kier alpha value is -1.72. The standard InChI is InChI=1S/C17H21FN2OS/c1-20(2)15(16-8-5-11-22-16)12-19-17(21)10-9-13-6-3-4-7-14(13)18/h3-8,11,15H,9-10,12H2,1-2H3,(H,19,21). The maximum absolute atomic E-state index is 13.5. The summed E-state index contributed by atoms with van der Waals surface area (Å²) < 4.78 is 13.5. The van der Waals surface area contributed by atoms with Gasteiger partial charge in [0.25, 0.3) is 0 Å². The number of carbonyl (C=O) groups is 1. The van der Waals surface area contributed by atoms with E-state index in [1.54, 1.807) is 29.5 Å². The Morgan fingerprint density at radius 3 is 2.68 bits per heavy atom. The maximum Gasteiger partial charge on any atom is 0.220 e. The number of aryl methyl sites for hydroxylation is 1. The number of nitrogens with one attached hydrogen (secondary N) is 1. The van der Waals surface area contributed by atoms with Gasteiger partial charge < -0.3 is 10.2 Å². The minimum atomic E-state index is -0.250. The molecule has 22 heavy (non-hydrogen) atoms. The van der Waals surface area contributed by atoms with Gasteiger partial charge in [-0.3, -0.25) is 4.79 Å². The number of benzene rings is 1. The van der Waals surface area contributed by atoms with Crippen LogP contribution in [0.3, 0.4) is 0 Å². The molecule has 0 saturated carbocycles. The summed E-state index contributed by atoms with van der Waals surface area (Å²) in [6, 6.07) is 10.8. The Balaban J connectivity index is 1.83. The molecule has 1 heterocycles. The fourth-order valence-electron chi connectivity index (χ4n) is 2.27. The molecule has 0 fully saturated rings. The second kappa shape index (κ2) is 8.06. The normalized spacial score (nSPS) is 12.4. The van der Waals surface area contributed by atoms with E-state index in [0.29, 0.717) is 24.9 Å². The lowest BCUT2D eigenvalue weighted by Crippen LogP contribution is -2.34. The molecule has 1 aromatic heterocycles. The Bertz CT molecular complexity index is 598. The molecule has 0 bridgehead atoms. The molecule has 0 aliphatic heterocycles. The van der Waals surface area contributed by atoms with E-state index >= 15 is 0 Å². The molecule has 1 aromatic carbocycles. The van der Waals surface area contributed by atoms with Crippen LogP contribution in [0.1, 0.15) is 22.9 Å². The Kier molecular flexibility index (Phi) is 6.10. The van der Waals surface area contributed by atoms with E-state index < -0.39 is 0 Å². The molecule has 5 heteroatoms. The quantitative estimate of drug-likeness (QED) is 0.849. The van der Waals surface area contributed by atoms with E-state index in [0.717, 1.165) is 0 Å². The molecule has 1 unspecified atom stereocenters. The van der Waals surface area contributed by atoms with E-state index in [4.69, 9.17) is 0 Å². The van der Waals surface area contributed by atoms with Crippen LogP contribution in [0.2, 0.25) is 0 Å². The van der Waals surface area contributed by atoms with Gasteiger partial charge >= 0.3 is 0 Å². The minimum Gasteiger partial charge on any atom is -0.354 e. The van der Waals surface area contributed by atoms with Crippen LogP contribution >= 0.6 is 11.3 Å². The maximum atomic E-state index is 13.5. The summed E-state index contributed by atoms with van der Waals surface area (Å²) in [5.74, 6) is -0.299. The molecule has 2 rings (SSSR count). The molecule has 1 amide bonds. The molecule has 1 atom stereocenters. The van der Waals surface area contributed by atoms with E-state index in [1.165, 1.54) is 10.9 Å². The number of hydrogen-bond donors (Lipinski definition) is 1. The van der Waals surface area contributed by atoms with Gasteiger partial charge in [0.1, 0.15) is 5.82 Å². The first kappa shape index (κ1) is 16.6. The van der Waals surface area contributed by atoms with Crippen LogP contribution in [0.5, 0.6) is 0 Å². The Labute approximate surface area is 134 Å². The fourth-order valence-corrected chi connectivity index (χ4v) is 3.19. The van der Waals surface area contributed by atoms with Gasteiger partial charge in [-0.2, -0.15) is 0 Å². The molecular weight excluding hydrogens is 299 g/mol. The van der Waals surface area contributed by atoms with Gasteiger partial charge in [-0.15, -0.1) is 11.3 Å². The van der Waals surface area contributed by atoms with Crippen molar-refractivity contribution in [2.45, 2.75) is 18.9 Å². The molecule has 1 N–H and O–H groups in total. The molecule has 0 aliphatic carbocycles. The predicted molar refractivity (Wildman–Crippen MR) is 88.5 cm³/mol. The van der Waals surface area contributed by atoms with Crippen LogP contribution in [-0.4, -0.2) is 31.4 Å². The Morgan fingerprint density at radius 1 is 1.27 bits per heavy atom. The highest BCUT2D eigenvalue weighted by molar-refractivity contribution is 7.10. The average molecular weight is 320 g/mol. The summed E-state index contributed by atoms with van der Waals surface area (Å²) in [4.78, 5) is 15.3. The second-order valence-electron chi connectivity index (χ2n) is 5.39. The molecule has 0 spiro atoms. The largest absolute Gasteiger partial charge is 0.354 e. The third kappa shape index (κ3) is 4.64. The SMILES string of the molecule is CN(C)C(CNC(=O)CCc1ccccc1F)c1cccs1. The number of nitrogens with zero attached hydrogens (tertiary/aromatic N) is 1. The lowest BCUT2D eigenvalue weighted by Gasteiger charge is -2.23. The van der Waals surface area contributed by atoms with Crippen molar-refractivity contribution in [3.05, 3.63) is 58.0 Å². The van der Waals surface area contributed by atoms with Gasteiger partial charge in [0.05, 0.1) is 6.04 Å². The van der Waals surface area contributed by atoms with E-state index in [-0.39, 0.29) is 17.8 Å². The summed E-state index contributed by atoms with van der Waals surface area (Å²) in [5, 5.41) is 4.98. The van der Waals surface area contributed by atoms with Crippen molar-refractivity contribution in [3.63, 3.8) is 0 Å². The fraction of sp³-hybridized carbons (Fsp3) is 0.353. The van der Waals surface area contributed by atoms with Crippen molar-refractivity contribution < 1.29 is 9.18 Å². The highest BCUT2D eigenvalue weighted by Gasteiger charge is 2.16. The number of halogens is 1. The van der Waals surface area contributed by atoms with Crippen molar-refractivity contribution >= 4 is 17.2 Å². The molecule has 0 saturated heterocycles. The predicted octanol–water partition coefficient (Wildman–Crippen LogP) is 3.24. The zero-order valence-electron chi connectivity index (χ0n) is 12.9. The van der Waals surface area contributed by atoms with Crippen LogP contribution < -0.4 is 5.32 Å². The lowest BCUT2D eigenvalue weighted by atomic mass is 10.1. The van der Waals surface area contributed by atoms with Gasteiger partial charge in [-0.1, -0.05) is 24.3 Å². The van der Waals surface area contributed by atoms with Gasteiger partial charge in [0.2, 0.25) is 5.91 Å². The molecule has 2 aromatic rings. The van der Waals surface area contributed by atoms with E-state index in [2.05, 4.69) is 16.3 Å². The van der Waals surface area contributed by atoms with Gasteiger partial charge in [0, 0.05) is 17.8 Å². The van der Waals surface area contributed by atoms with Crippen molar-refractivity contribution in [1.82, 2.24) is 10.2 Å². The van der Waals surface area contributed by atoms with Gasteiger partial charge in [-0.25, -0.2) is 4.39 Å². The van der Waals surface area contributed by atoms with Crippen molar-refractivity contribution in [2.24, 2.45) is 0 Å². The van der Waals surface area contributed by atoms with E-state index in [1.807, 2.05) is 25.5 Å². The first-order chi connectivity index (χ1) is 10.6. The number of rotatable bonds is 7. The number of hydrogen-bond acceptors (Lipinski definition) is 3. The summed E-state index contributed by atoms with van der Waals surface area (Å²) in [6.07, 6.45) is 0.718. The molecule has 3 nitrogen and oxygen atoms in total. The molecule has 0 aliphatic rings. The third-order valence-corrected chi connectivity index (χ3v) is 4.54. The molecule has 0 radical (unpaired) electrons. The van der Waals surface area contributed by atoms with Gasteiger partial charge in [-0.05, 0) is 43.6 Å². The Morgan fingerprint density at radius 2 is 2.05 bits per heavy atom. The third-order valence-electron chi connectivity index (χ3n) is 3.57. The number of likely N-dealkylation sites (N-methyl/N-ethyl adjacent to an activating group) is 1.